The van der Waals surface area contributed by atoms with Crippen LogP contribution in [0.5, 0.6) is 0 Å². The van der Waals surface area contributed by atoms with Crippen LogP contribution in [-0.2, 0) is 13.1 Å². The summed E-state index contributed by atoms with van der Waals surface area (Å²) in [6.07, 6.45) is 6.77. The molecule has 2 rings (SSSR count). The fraction of sp³-hybridized carbons (Fsp3) is 0.385. The smallest absolute Gasteiger partial charge is 0.0948 e. The van der Waals surface area contributed by atoms with Crippen LogP contribution in [0.4, 0.5) is 5.69 Å². The van der Waals surface area contributed by atoms with Crippen molar-refractivity contribution in [2.75, 3.05) is 5.32 Å². The molecule has 2 aromatic heterocycles. The summed E-state index contributed by atoms with van der Waals surface area (Å²) < 4.78 is 2.18. The number of pyridine rings is 1. The fourth-order valence-corrected chi connectivity index (χ4v) is 1.70. The molecule has 0 radical (unpaired) electrons. The van der Waals surface area contributed by atoms with Crippen molar-refractivity contribution in [1.29, 1.82) is 0 Å². The summed E-state index contributed by atoms with van der Waals surface area (Å²) in [5.41, 5.74) is 3.28. The molecule has 0 saturated carbocycles. The van der Waals surface area contributed by atoms with Crippen molar-refractivity contribution in [3.8, 4) is 0 Å². The van der Waals surface area contributed by atoms with Crippen LogP contribution in [0.25, 0.3) is 0 Å². The molecule has 0 saturated heterocycles. The van der Waals surface area contributed by atoms with Crippen molar-refractivity contribution in [2.45, 2.75) is 33.4 Å². The van der Waals surface area contributed by atoms with Gasteiger partial charge in [-0.2, -0.15) is 0 Å². The predicted molar refractivity (Wildman–Crippen MR) is 68.8 cm³/mol. The number of nitrogens with one attached hydrogen (secondary N) is 1. The Bertz CT molecular complexity index is 459. The van der Waals surface area contributed by atoms with E-state index in [1.54, 1.807) is 0 Å². The molecule has 90 valence electrons. The van der Waals surface area contributed by atoms with Gasteiger partial charge in [-0.15, -0.1) is 0 Å². The number of rotatable bonds is 5. The summed E-state index contributed by atoms with van der Waals surface area (Å²) >= 11 is 0. The number of hydrogen-bond acceptors (Lipinski definition) is 3. The Kier molecular flexibility index (Phi) is 3.75. The van der Waals surface area contributed by atoms with Gasteiger partial charge in [0.05, 0.1) is 30.5 Å². The highest BCUT2D eigenvalue weighted by Crippen LogP contribution is 2.08. The monoisotopic (exact) mass is 230 g/mol. The molecule has 4 nitrogen and oxygen atoms in total. The second-order valence-corrected chi connectivity index (χ2v) is 4.12. The van der Waals surface area contributed by atoms with Gasteiger partial charge in [0.15, 0.2) is 0 Å². The number of hydrogen-bond donors (Lipinski definition) is 1. The minimum absolute atomic E-state index is 0.782. The quantitative estimate of drug-likeness (QED) is 0.858. The van der Waals surface area contributed by atoms with Gasteiger partial charge in [0.2, 0.25) is 0 Å². The minimum atomic E-state index is 0.782. The number of aromatic nitrogens is 3. The maximum Gasteiger partial charge on any atom is 0.0948 e. The first-order valence-electron chi connectivity index (χ1n) is 5.95. The van der Waals surface area contributed by atoms with E-state index in [0.29, 0.717) is 0 Å². The molecule has 2 heterocycles. The van der Waals surface area contributed by atoms with Crippen molar-refractivity contribution in [2.24, 2.45) is 0 Å². The first kappa shape index (κ1) is 11.6. The van der Waals surface area contributed by atoms with Gasteiger partial charge in [0, 0.05) is 18.4 Å². The molecular weight excluding hydrogens is 212 g/mol. The van der Waals surface area contributed by atoms with Crippen LogP contribution in [0, 0.1) is 6.92 Å². The minimum Gasteiger partial charge on any atom is -0.378 e. The van der Waals surface area contributed by atoms with E-state index >= 15 is 0 Å². The normalized spacial score (nSPS) is 10.5. The summed E-state index contributed by atoms with van der Waals surface area (Å²) in [5, 5.41) is 3.35. The lowest BCUT2D eigenvalue weighted by atomic mass is 10.3. The van der Waals surface area contributed by atoms with Gasteiger partial charge in [0.1, 0.15) is 0 Å². The average molecular weight is 230 g/mol. The van der Waals surface area contributed by atoms with Crippen molar-refractivity contribution < 1.29 is 0 Å². The zero-order valence-corrected chi connectivity index (χ0v) is 10.3. The van der Waals surface area contributed by atoms with Crippen LogP contribution in [0.3, 0.4) is 0 Å². The highest BCUT2D eigenvalue weighted by atomic mass is 15.1. The molecule has 1 N–H and O–H groups in total. The molecule has 0 amide bonds. The van der Waals surface area contributed by atoms with Gasteiger partial charge >= 0.3 is 0 Å². The first-order valence-corrected chi connectivity index (χ1v) is 5.95. The lowest BCUT2D eigenvalue weighted by molar-refractivity contribution is 0.651. The van der Waals surface area contributed by atoms with E-state index in [-0.39, 0.29) is 0 Å². The van der Waals surface area contributed by atoms with Crippen LogP contribution in [0.2, 0.25) is 0 Å². The summed E-state index contributed by atoms with van der Waals surface area (Å²) in [4.78, 5) is 8.43. The second-order valence-electron chi connectivity index (χ2n) is 4.12. The van der Waals surface area contributed by atoms with Gasteiger partial charge < -0.3 is 9.88 Å². The Morgan fingerprint density at radius 3 is 2.88 bits per heavy atom. The van der Waals surface area contributed by atoms with Crippen molar-refractivity contribution in [3.63, 3.8) is 0 Å². The molecule has 0 aliphatic carbocycles. The molecule has 0 aliphatic rings. The summed E-state index contributed by atoms with van der Waals surface area (Å²) in [6.45, 7) is 5.95. The van der Waals surface area contributed by atoms with E-state index in [1.807, 2.05) is 37.8 Å². The van der Waals surface area contributed by atoms with Crippen molar-refractivity contribution >= 4 is 5.69 Å². The van der Waals surface area contributed by atoms with E-state index in [9.17, 15) is 0 Å². The van der Waals surface area contributed by atoms with E-state index in [0.717, 1.165) is 30.9 Å². The van der Waals surface area contributed by atoms with Crippen molar-refractivity contribution in [3.05, 3.63) is 42.2 Å². The second kappa shape index (κ2) is 5.48. The largest absolute Gasteiger partial charge is 0.378 e. The zero-order chi connectivity index (χ0) is 12.1. The van der Waals surface area contributed by atoms with Gasteiger partial charge in [-0.25, -0.2) is 4.98 Å². The van der Waals surface area contributed by atoms with Crippen LogP contribution in [0.1, 0.15) is 24.7 Å². The van der Waals surface area contributed by atoms with E-state index in [2.05, 4.69) is 26.8 Å². The van der Waals surface area contributed by atoms with Crippen LogP contribution >= 0.6 is 0 Å². The summed E-state index contributed by atoms with van der Waals surface area (Å²) in [6, 6.07) is 4.05. The predicted octanol–water partition coefficient (Wildman–Crippen LogP) is 2.61. The molecule has 0 fully saturated rings. The third-order valence-corrected chi connectivity index (χ3v) is 2.65. The third-order valence-electron chi connectivity index (χ3n) is 2.65. The summed E-state index contributed by atoms with van der Waals surface area (Å²) in [7, 11) is 0. The maximum absolute atomic E-state index is 4.25. The highest BCUT2D eigenvalue weighted by molar-refractivity contribution is 5.41. The lowest BCUT2D eigenvalue weighted by Crippen LogP contribution is -2.07. The molecule has 4 heteroatoms. The molecule has 0 spiro atoms. The first-order chi connectivity index (χ1) is 8.29. The molecule has 17 heavy (non-hydrogen) atoms. The average Bonchev–Trinajstić information content (AvgIpc) is 2.77. The topological polar surface area (TPSA) is 42.7 Å². The van der Waals surface area contributed by atoms with Crippen LogP contribution in [0.15, 0.2) is 30.9 Å². The molecule has 0 bridgehead atoms. The lowest BCUT2D eigenvalue weighted by Gasteiger charge is -2.09. The number of imidazole rings is 1. The Balaban J connectivity index is 1.97. The molecule has 0 aliphatic heterocycles. The maximum atomic E-state index is 4.25. The summed E-state index contributed by atoms with van der Waals surface area (Å²) in [5.74, 6) is 0. The Morgan fingerprint density at radius 2 is 2.18 bits per heavy atom. The number of nitrogens with zero attached hydrogens (tertiary/aromatic N) is 3. The Hall–Kier alpha value is -1.84. The zero-order valence-electron chi connectivity index (χ0n) is 10.3. The molecular formula is C13H18N4. The van der Waals surface area contributed by atoms with Crippen LogP contribution < -0.4 is 5.32 Å². The van der Waals surface area contributed by atoms with Gasteiger partial charge in [-0.05, 0) is 25.5 Å². The van der Waals surface area contributed by atoms with Crippen LogP contribution in [-0.4, -0.2) is 14.5 Å². The SMILES string of the molecule is CCCn1cncc1CNc1ccc(C)nc1. The Labute approximate surface area is 102 Å². The van der Waals surface area contributed by atoms with E-state index in [1.165, 1.54) is 5.69 Å². The van der Waals surface area contributed by atoms with Gasteiger partial charge in [-0.3, -0.25) is 4.98 Å². The van der Waals surface area contributed by atoms with E-state index < -0.39 is 0 Å². The van der Waals surface area contributed by atoms with Gasteiger partial charge in [0.25, 0.3) is 0 Å². The number of anilines is 1. The van der Waals surface area contributed by atoms with E-state index in [4.69, 9.17) is 0 Å². The molecule has 2 aromatic rings. The highest BCUT2D eigenvalue weighted by Gasteiger charge is 2.01. The molecule has 0 atom stereocenters. The number of aryl methyl sites for hydroxylation is 2. The Morgan fingerprint density at radius 1 is 1.29 bits per heavy atom. The molecule has 0 unspecified atom stereocenters. The van der Waals surface area contributed by atoms with Gasteiger partial charge in [-0.1, -0.05) is 6.92 Å². The third kappa shape index (κ3) is 3.06. The standard InChI is InChI=1S/C13H18N4/c1-3-6-17-10-14-8-13(17)9-16-12-5-4-11(2)15-7-12/h4-5,7-8,10,16H,3,6,9H2,1-2H3. The fourth-order valence-electron chi connectivity index (χ4n) is 1.70. The van der Waals surface area contributed by atoms with Crippen molar-refractivity contribution in [1.82, 2.24) is 14.5 Å². The molecule has 0 aromatic carbocycles.